The number of pyridine rings is 1. The number of allylic oxidation sites excluding steroid dienone is 2. The second kappa shape index (κ2) is 9.17. The summed E-state index contributed by atoms with van der Waals surface area (Å²) in [6, 6.07) is 19.0. The van der Waals surface area contributed by atoms with Gasteiger partial charge in [-0.3, -0.25) is 20.1 Å². The molecule has 3 aromatic rings. The average molecular weight is 542 g/mol. The number of aliphatic hydroxyl groups is 1. The van der Waals surface area contributed by atoms with E-state index in [1.54, 1.807) is 12.4 Å². The van der Waals surface area contributed by atoms with Gasteiger partial charge in [-0.2, -0.15) is 0 Å². The molecule has 2 aliphatic rings. The molecule has 5 rings (SSSR count). The van der Waals surface area contributed by atoms with Gasteiger partial charge in [0.15, 0.2) is 5.78 Å². The number of anilines is 1. The number of carbonyl (C=O) groups excluding carboxylic acids is 1. The van der Waals surface area contributed by atoms with Crippen molar-refractivity contribution in [3.05, 3.63) is 111 Å². The first-order chi connectivity index (χ1) is 17.2. The summed E-state index contributed by atoms with van der Waals surface area (Å²) in [4.78, 5) is 20.0. The molecule has 2 aromatic carbocycles. The van der Waals surface area contributed by atoms with Crippen LogP contribution in [0.25, 0.3) is 5.76 Å². The highest BCUT2D eigenvalue weighted by molar-refractivity contribution is 9.10. The number of hydrogen-bond donors (Lipinski definition) is 2. The van der Waals surface area contributed by atoms with Crippen LogP contribution in [0.1, 0.15) is 49.3 Å². The van der Waals surface area contributed by atoms with Crippen molar-refractivity contribution < 1.29 is 9.90 Å². The van der Waals surface area contributed by atoms with Gasteiger partial charge >= 0.3 is 0 Å². The first kappa shape index (κ1) is 24.2. The molecule has 6 heteroatoms. The molecule has 0 radical (unpaired) electrons. The Labute approximate surface area is 219 Å². The van der Waals surface area contributed by atoms with E-state index in [1.807, 2.05) is 72.5 Å². The van der Waals surface area contributed by atoms with Gasteiger partial charge in [-0.25, -0.2) is 0 Å². The van der Waals surface area contributed by atoms with Crippen LogP contribution in [-0.2, 0) is 4.79 Å². The van der Waals surface area contributed by atoms with E-state index in [1.165, 1.54) is 0 Å². The van der Waals surface area contributed by atoms with Crippen LogP contribution in [0.15, 0.2) is 94.4 Å². The second-order valence-electron chi connectivity index (χ2n) is 10.3. The second-order valence-corrected chi connectivity index (χ2v) is 11.2. The number of aryl methyl sites for hydroxylation is 1. The van der Waals surface area contributed by atoms with E-state index in [4.69, 9.17) is 0 Å². The largest absolute Gasteiger partial charge is 0.507 e. The molecule has 2 heterocycles. The number of hydrogen-bond acceptors (Lipinski definition) is 4. The van der Waals surface area contributed by atoms with Crippen molar-refractivity contribution in [2.24, 2.45) is 5.41 Å². The Morgan fingerprint density at radius 1 is 1.11 bits per heavy atom. The lowest BCUT2D eigenvalue weighted by molar-refractivity contribution is -0.118. The molecule has 36 heavy (non-hydrogen) atoms. The van der Waals surface area contributed by atoms with E-state index in [2.05, 4.69) is 34.8 Å². The van der Waals surface area contributed by atoms with Gasteiger partial charge in [-0.05, 0) is 48.6 Å². The first-order valence-corrected chi connectivity index (χ1v) is 12.8. The van der Waals surface area contributed by atoms with E-state index in [9.17, 15) is 15.3 Å². The van der Waals surface area contributed by atoms with Crippen molar-refractivity contribution in [1.29, 1.82) is 5.41 Å². The minimum absolute atomic E-state index is 0.00182. The van der Waals surface area contributed by atoms with Crippen LogP contribution in [0.3, 0.4) is 0 Å². The third-order valence-corrected chi connectivity index (χ3v) is 7.38. The number of aromatic nitrogens is 1. The maximum absolute atomic E-state index is 13.8. The normalized spacial score (nSPS) is 20.9. The zero-order valence-corrected chi connectivity index (χ0v) is 22.1. The molecule has 0 saturated carbocycles. The molecule has 1 atom stereocenters. The Balaban J connectivity index is 1.85. The Bertz CT molecular complexity index is 1420. The van der Waals surface area contributed by atoms with Gasteiger partial charge in [0.2, 0.25) is 0 Å². The van der Waals surface area contributed by atoms with Crippen LogP contribution < -0.4 is 4.90 Å². The number of halogens is 1. The zero-order valence-electron chi connectivity index (χ0n) is 20.5. The standard InChI is InChI=1S/C30H28BrN3O2/c1-18-9-11-19(12-10-18)28(36)27-25(20-6-5-13-33-17-20)26-23(15-30(2,3)16-24(26)35)34(29(27)32)22-8-4-7-21(31)14-22/h4-14,17,25,32,36H,15-16H2,1-3H3/b28-27+,32-29?. The highest BCUT2D eigenvalue weighted by Gasteiger charge is 2.46. The summed E-state index contributed by atoms with van der Waals surface area (Å²) in [5.74, 6) is -0.395. The smallest absolute Gasteiger partial charge is 0.162 e. The van der Waals surface area contributed by atoms with Gasteiger partial charge in [0, 0.05) is 57.3 Å². The number of amidine groups is 1. The van der Waals surface area contributed by atoms with Crippen molar-refractivity contribution in [2.75, 3.05) is 4.90 Å². The van der Waals surface area contributed by atoms with Gasteiger partial charge < -0.3 is 5.11 Å². The number of Topliss-reactive ketones (excluding diaryl/α,β-unsaturated/α-hetero) is 1. The fourth-order valence-corrected chi connectivity index (χ4v) is 5.65. The molecule has 0 spiro atoms. The van der Waals surface area contributed by atoms with Gasteiger partial charge in [0.05, 0.1) is 0 Å². The van der Waals surface area contributed by atoms with Crippen LogP contribution in [0.2, 0.25) is 0 Å². The fraction of sp³-hybridized carbons (Fsp3) is 0.233. The van der Waals surface area contributed by atoms with E-state index in [0.29, 0.717) is 29.6 Å². The summed E-state index contributed by atoms with van der Waals surface area (Å²) >= 11 is 3.56. The lowest BCUT2D eigenvalue weighted by Gasteiger charge is -2.45. The van der Waals surface area contributed by atoms with Crippen LogP contribution >= 0.6 is 15.9 Å². The molecule has 0 saturated heterocycles. The Hall–Kier alpha value is -3.51. The Kier molecular flexibility index (Phi) is 6.17. The predicted molar refractivity (Wildman–Crippen MR) is 147 cm³/mol. The minimum atomic E-state index is -0.588. The lowest BCUT2D eigenvalue weighted by atomic mass is 9.67. The van der Waals surface area contributed by atoms with Crippen molar-refractivity contribution in [1.82, 2.24) is 4.98 Å². The summed E-state index contributed by atoms with van der Waals surface area (Å²) in [6.45, 7) is 6.17. The number of nitrogens with zero attached hydrogens (tertiary/aromatic N) is 2. The molecule has 1 aromatic heterocycles. The average Bonchev–Trinajstić information content (AvgIpc) is 2.83. The van der Waals surface area contributed by atoms with E-state index in [-0.39, 0.29) is 22.8 Å². The van der Waals surface area contributed by atoms with Gasteiger partial charge in [-0.1, -0.05) is 71.7 Å². The van der Waals surface area contributed by atoms with Gasteiger partial charge in [0.25, 0.3) is 0 Å². The van der Waals surface area contributed by atoms with Crippen molar-refractivity contribution in [2.45, 2.75) is 39.5 Å². The molecular formula is C30H28BrN3O2. The maximum Gasteiger partial charge on any atom is 0.162 e. The fourth-order valence-electron chi connectivity index (χ4n) is 5.26. The lowest BCUT2D eigenvalue weighted by Crippen LogP contribution is -2.45. The monoisotopic (exact) mass is 541 g/mol. The SMILES string of the molecule is Cc1ccc(/C(O)=C2\C(=N)N(c3cccc(Br)c3)C3=C(C(=O)CC(C)(C)C3)C2c2cccnc2)cc1. The number of aliphatic hydroxyl groups excluding tert-OH is 1. The topological polar surface area (TPSA) is 77.3 Å². The van der Waals surface area contributed by atoms with Crippen molar-refractivity contribution >= 4 is 39.0 Å². The molecule has 0 fully saturated rings. The van der Waals surface area contributed by atoms with E-state index in [0.717, 1.165) is 27.0 Å². The van der Waals surface area contributed by atoms with Crippen LogP contribution in [-0.4, -0.2) is 21.7 Å². The highest BCUT2D eigenvalue weighted by atomic mass is 79.9. The summed E-state index contributed by atoms with van der Waals surface area (Å²) in [7, 11) is 0. The third-order valence-electron chi connectivity index (χ3n) is 6.89. The van der Waals surface area contributed by atoms with E-state index >= 15 is 0 Å². The molecule has 1 aliphatic heterocycles. The third kappa shape index (κ3) is 4.30. The molecule has 5 nitrogen and oxygen atoms in total. The van der Waals surface area contributed by atoms with Crippen molar-refractivity contribution in [3.8, 4) is 0 Å². The molecule has 1 aliphatic carbocycles. The minimum Gasteiger partial charge on any atom is -0.507 e. The molecule has 2 N–H and O–H groups in total. The van der Waals surface area contributed by atoms with Crippen LogP contribution in [0, 0.1) is 17.7 Å². The maximum atomic E-state index is 13.8. The molecule has 0 bridgehead atoms. The van der Waals surface area contributed by atoms with E-state index < -0.39 is 5.92 Å². The van der Waals surface area contributed by atoms with Crippen molar-refractivity contribution in [3.63, 3.8) is 0 Å². The number of ketones is 1. The molecule has 0 amide bonds. The number of benzene rings is 2. The summed E-state index contributed by atoms with van der Waals surface area (Å²) in [6.07, 6.45) is 4.46. The summed E-state index contributed by atoms with van der Waals surface area (Å²) in [5.41, 5.74) is 4.83. The molecule has 1 unspecified atom stereocenters. The zero-order chi connectivity index (χ0) is 25.6. The number of rotatable bonds is 3. The van der Waals surface area contributed by atoms with Crippen LogP contribution in [0.5, 0.6) is 0 Å². The Morgan fingerprint density at radius 2 is 1.86 bits per heavy atom. The summed E-state index contributed by atoms with van der Waals surface area (Å²) in [5, 5.41) is 21.1. The molecular weight excluding hydrogens is 514 g/mol. The van der Waals surface area contributed by atoms with Crippen LogP contribution in [0.4, 0.5) is 5.69 Å². The quantitative estimate of drug-likeness (QED) is 0.340. The molecule has 182 valence electrons. The predicted octanol–water partition coefficient (Wildman–Crippen LogP) is 7.35. The van der Waals surface area contributed by atoms with Gasteiger partial charge in [-0.15, -0.1) is 0 Å². The first-order valence-electron chi connectivity index (χ1n) is 12.0. The summed E-state index contributed by atoms with van der Waals surface area (Å²) < 4.78 is 0.874. The highest BCUT2D eigenvalue weighted by Crippen LogP contribution is 2.51. The van der Waals surface area contributed by atoms with Gasteiger partial charge in [0.1, 0.15) is 11.6 Å². The number of carbonyl (C=O) groups is 1. The Morgan fingerprint density at radius 3 is 2.53 bits per heavy atom. The number of nitrogens with one attached hydrogen (secondary N) is 1.